The molecular weight excluding hydrogens is 290 g/mol. The molecule has 7 nitrogen and oxygen atoms in total. The van der Waals surface area contributed by atoms with Crippen LogP contribution in [-0.2, 0) is 10.0 Å². The van der Waals surface area contributed by atoms with Crippen LogP contribution in [0.25, 0.3) is 0 Å². The van der Waals surface area contributed by atoms with Crippen molar-refractivity contribution in [3.8, 4) is 6.07 Å². The third-order valence-electron chi connectivity index (χ3n) is 2.02. The average Bonchev–Trinajstić information content (AvgIpc) is 2.41. The first-order valence-electron chi connectivity index (χ1n) is 4.88. The smallest absolute Gasteiger partial charge is 0.262 e. The Morgan fingerprint density at radius 3 is 2.47 bits per heavy atom. The van der Waals surface area contributed by atoms with E-state index in [0.29, 0.717) is 0 Å². The number of nitriles is 1. The van der Waals surface area contributed by atoms with E-state index in [-0.39, 0.29) is 21.6 Å². The van der Waals surface area contributed by atoms with Crippen molar-refractivity contribution in [3.05, 3.63) is 41.6 Å². The lowest BCUT2D eigenvalue weighted by molar-refractivity contribution is 0.600. The van der Waals surface area contributed by atoms with Crippen LogP contribution in [0.15, 0.2) is 35.6 Å². The zero-order valence-electron chi connectivity index (χ0n) is 9.28. The van der Waals surface area contributed by atoms with Crippen LogP contribution >= 0.6 is 11.6 Å². The third-order valence-corrected chi connectivity index (χ3v) is 3.56. The first kappa shape index (κ1) is 13.2. The molecule has 1 N–H and O–H groups in total. The number of hydrogen-bond donors (Lipinski definition) is 1. The molecule has 0 amide bonds. The summed E-state index contributed by atoms with van der Waals surface area (Å²) < 4.78 is 26.1. The maximum absolute atomic E-state index is 12.0. The molecule has 0 radical (unpaired) electrons. The molecule has 0 aromatic carbocycles. The highest BCUT2D eigenvalue weighted by Gasteiger charge is 2.15. The van der Waals surface area contributed by atoms with Gasteiger partial charge in [-0.15, -0.1) is 0 Å². The fraction of sp³-hybridized carbons (Fsp3) is 0. The topological polar surface area (TPSA) is 109 Å². The Labute approximate surface area is 114 Å². The predicted molar refractivity (Wildman–Crippen MR) is 66.8 cm³/mol. The number of rotatable bonds is 3. The lowest BCUT2D eigenvalue weighted by Gasteiger charge is -2.06. The molecule has 2 heterocycles. The minimum absolute atomic E-state index is 0.0359. The van der Waals surface area contributed by atoms with E-state index in [2.05, 4.69) is 19.7 Å². The number of halogens is 1. The number of nitrogens with zero attached hydrogens (tertiary/aromatic N) is 4. The van der Waals surface area contributed by atoms with E-state index in [1.165, 1.54) is 24.5 Å². The van der Waals surface area contributed by atoms with Crippen LogP contribution in [0.5, 0.6) is 0 Å². The molecule has 2 aromatic heterocycles. The largest absolute Gasteiger partial charge is 0.264 e. The molecule has 0 aliphatic rings. The van der Waals surface area contributed by atoms with Crippen LogP contribution in [0.4, 0.5) is 5.82 Å². The van der Waals surface area contributed by atoms with Gasteiger partial charge in [0, 0.05) is 6.20 Å². The summed E-state index contributed by atoms with van der Waals surface area (Å²) in [6.45, 7) is 0. The maximum atomic E-state index is 12.0. The van der Waals surface area contributed by atoms with Crippen LogP contribution in [-0.4, -0.2) is 23.4 Å². The highest BCUT2D eigenvalue weighted by molar-refractivity contribution is 7.92. The summed E-state index contributed by atoms with van der Waals surface area (Å²) in [6, 6.07) is 4.38. The number of hydrogen-bond acceptors (Lipinski definition) is 6. The van der Waals surface area contributed by atoms with Crippen molar-refractivity contribution in [2.45, 2.75) is 4.90 Å². The zero-order chi connectivity index (χ0) is 13.9. The Bertz CT molecular complexity index is 722. The van der Waals surface area contributed by atoms with E-state index in [9.17, 15) is 8.42 Å². The van der Waals surface area contributed by atoms with Gasteiger partial charge in [-0.2, -0.15) is 5.26 Å². The molecular formula is C10H6ClN5O2S. The monoisotopic (exact) mass is 295 g/mol. The minimum atomic E-state index is -3.82. The van der Waals surface area contributed by atoms with Gasteiger partial charge in [0.25, 0.3) is 10.0 Å². The molecule has 0 aliphatic carbocycles. The highest BCUT2D eigenvalue weighted by Crippen LogP contribution is 2.13. The third kappa shape index (κ3) is 3.15. The van der Waals surface area contributed by atoms with Crippen LogP contribution in [0.1, 0.15) is 5.69 Å². The normalized spacial score (nSPS) is 10.7. The fourth-order valence-electron chi connectivity index (χ4n) is 1.17. The highest BCUT2D eigenvalue weighted by atomic mass is 35.5. The van der Waals surface area contributed by atoms with Gasteiger partial charge in [-0.1, -0.05) is 11.6 Å². The van der Waals surface area contributed by atoms with Crippen molar-refractivity contribution in [3.63, 3.8) is 0 Å². The van der Waals surface area contributed by atoms with Crippen molar-refractivity contribution in [2.75, 3.05) is 4.72 Å². The molecule has 0 atom stereocenters. The van der Waals surface area contributed by atoms with E-state index in [1.54, 1.807) is 6.07 Å². The van der Waals surface area contributed by atoms with E-state index in [1.807, 2.05) is 0 Å². The SMILES string of the molecule is N#Cc1ccc(S(=O)(=O)Nc2cnc(Cl)cn2)cn1. The van der Waals surface area contributed by atoms with Gasteiger partial charge in [0.05, 0.1) is 12.4 Å². The molecule has 0 spiro atoms. The van der Waals surface area contributed by atoms with Crippen LogP contribution in [0, 0.1) is 11.3 Å². The molecule has 0 fully saturated rings. The first-order chi connectivity index (χ1) is 9.01. The second-order valence-corrected chi connectivity index (χ2v) is 5.39. The van der Waals surface area contributed by atoms with Crippen LogP contribution in [0.2, 0.25) is 5.15 Å². The van der Waals surface area contributed by atoms with Gasteiger partial charge in [0.1, 0.15) is 21.8 Å². The quantitative estimate of drug-likeness (QED) is 0.911. The Kier molecular flexibility index (Phi) is 3.59. The van der Waals surface area contributed by atoms with Gasteiger partial charge in [0.15, 0.2) is 5.82 Å². The van der Waals surface area contributed by atoms with Gasteiger partial charge < -0.3 is 0 Å². The summed E-state index contributed by atoms with van der Waals surface area (Å²) >= 11 is 5.54. The van der Waals surface area contributed by atoms with Gasteiger partial charge in [0.2, 0.25) is 0 Å². The van der Waals surface area contributed by atoms with Gasteiger partial charge in [-0.3, -0.25) is 4.72 Å². The van der Waals surface area contributed by atoms with Gasteiger partial charge in [-0.05, 0) is 12.1 Å². The molecule has 2 rings (SSSR count). The molecule has 19 heavy (non-hydrogen) atoms. The van der Waals surface area contributed by atoms with Crippen molar-refractivity contribution >= 4 is 27.4 Å². The minimum Gasteiger partial charge on any atom is -0.262 e. The molecule has 0 saturated carbocycles. The van der Waals surface area contributed by atoms with E-state index < -0.39 is 10.0 Å². The molecule has 0 bridgehead atoms. The Balaban J connectivity index is 2.27. The average molecular weight is 296 g/mol. The predicted octanol–water partition coefficient (Wildman–Crippen LogP) is 1.20. The number of nitrogens with one attached hydrogen (secondary N) is 1. The molecule has 0 aliphatic heterocycles. The molecule has 2 aromatic rings. The maximum Gasteiger partial charge on any atom is 0.264 e. The Morgan fingerprint density at radius 1 is 1.16 bits per heavy atom. The van der Waals surface area contributed by atoms with Crippen molar-refractivity contribution in [2.24, 2.45) is 0 Å². The first-order valence-corrected chi connectivity index (χ1v) is 6.74. The second kappa shape index (κ2) is 5.17. The molecule has 96 valence electrons. The summed E-state index contributed by atoms with van der Waals surface area (Å²) in [5.74, 6) is 0.0359. The summed E-state index contributed by atoms with van der Waals surface area (Å²) in [7, 11) is -3.82. The summed E-state index contributed by atoms with van der Waals surface area (Å²) in [5, 5.41) is 8.74. The van der Waals surface area contributed by atoms with E-state index in [0.717, 1.165) is 6.20 Å². The van der Waals surface area contributed by atoms with Gasteiger partial charge in [-0.25, -0.2) is 23.4 Å². The Morgan fingerprint density at radius 2 is 1.95 bits per heavy atom. The van der Waals surface area contributed by atoms with Gasteiger partial charge >= 0.3 is 0 Å². The number of sulfonamides is 1. The van der Waals surface area contributed by atoms with E-state index >= 15 is 0 Å². The number of pyridine rings is 1. The molecule has 0 unspecified atom stereocenters. The van der Waals surface area contributed by atoms with E-state index in [4.69, 9.17) is 16.9 Å². The standard InChI is InChI=1S/C10H6ClN5O2S/c11-9-5-15-10(6-14-9)16-19(17,18)8-2-1-7(3-12)13-4-8/h1-2,4-6H,(H,15,16). The number of anilines is 1. The Hall–Kier alpha value is -2.24. The second-order valence-electron chi connectivity index (χ2n) is 3.32. The summed E-state index contributed by atoms with van der Waals surface area (Å²) in [5.41, 5.74) is 0.130. The molecule has 0 saturated heterocycles. The number of aromatic nitrogens is 3. The summed E-state index contributed by atoms with van der Waals surface area (Å²) in [4.78, 5) is 11.1. The molecule has 9 heteroatoms. The zero-order valence-corrected chi connectivity index (χ0v) is 10.9. The van der Waals surface area contributed by atoms with Crippen LogP contribution in [0.3, 0.4) is 0 Å². The van der Waals surface area contributed by atoms with Crippen molar-refractivity contribution < 1.29 is 8.42 Å². The fourth-order valence-corrected chi connectivity index (χ4v) is 2.20. The summed E-state index contributed by atoms with van der Waals surface area (Å²) in [6.07, 6.45) is 3.50. The lowest BCUT2D eigenvalue weighted by Crippen LogP contribution is -2.14. The van der Waals surface area contributed by atoms with Crippen LogP contribution < -0.4 is 4.72 Å². The lowest BCUT2D eigenvalue weighted by atomic mass is 10.4. The van der Waals surface area contributed by atoms with Crippen molar-refractivity contribution in [1.29, 1.82) is 5.26 Å². The van der Waals surface area contributed by atoms with Crippen molar-refractivity contribution in [1.82, 2.24) is 15.0 Å².